The maximum Gasteiger partial charge on any atom is 0.237 e. The molecule has 1 atom stereocenters. The summed E-state index contributed by atoms with van der Waals surface area (Å²) in [6, 6.07) is 6.79. The fraction of sp³-hybridized carbons (Fsp3) is 0.417. The maximum atomic E-state index is 10.7. The highest BCUT2D eigenvalue weighted by Crippen LogP contribution is 2.12. The topological polar surface area (TPSA) is 87.6 Å². The van der Waals surface area contributed by atoms with E-state index in [0.29, 0.717) is 12.4 Å². The third-order valence-electron chi connectivity index (χ3n) is 2.31. The maximum absolute atomic E-state index is 10.7. The zero-order valence-corrected chi connectivity index (χ0v) is 9.89. The quantitative estimate of drug-likeness (QED) is 0.703. The normalized spacial score (nSPS) is 12.1. The molecular weight excluding hydrogens is 220 g/mol. The predicted molar refractivity (Wildman–Crippen MR) is 64.7 cm³/mol. The van der Waals surface area contributed by atoms with Gasteiger partial charge in [0.1, 0.15) is 18.4 Å². The van der Waals surface area contributed by atoms with Crippen molar-refractivity contribution in [2.45, 2.75) is 12.5 Å². The Bertz CT molecular complexity index is 351. The average Bonchev–Trinajstić information content (AvgIpc) is 2.34. The lowest BCUT2D eigenvalue weighted by Gasteiger charge is -2.10. The van der Waals surface area contributed by atoms with E-state index in [-0.39, 0.29) is 6.61 Å². The molecule has 0 radical (unpaired) electrons. The molecule has 5 heteroatoms. The number of rotatable bonds is 7. The van der Waals surface area contributed by atoms with Gasteiger partial charge in [0.2, 0.25) is 5.91 Å². The number of primary amides is 1. The third-order valence-corrected chi connectivity index (χ3v) is 2.31. The monoisotopic (exact) mass is 238 g/mol. The smallest absolute Gasteiger partial charge is 0.237 e. The summed E-state index contributed by atoms with van der Waals surface area (Å²) in [6.45, 7) is 0.777. The van der Waals surface area contributed by atoms with Gasteiger partial charge < -0.3 is 20.9 Å². The summed E-state index contributed by atoms with van der Waals surface area (Å²) >= 11 is 0. The fourth-order valence-corrected chi connectivity index (χ4v) is 1.24. The van der Waals surface area contributed by atoms with Crippen LogP contribution in [0, 0.1) is 0 Å². The summed E-state index contributed by atoms with van der Waals surface area (Å²) in [5.41, 5.74) is 11.6. The number of ether oxygens (including phenoxy) is 2. The fourth-order valence-electron chi connectivity index (χ4n) is 1.24. The molecule has 0 saturated carbocycles. The molecule has 5 nitrogen and oxygen atoms in total. The first-order chi connectivity index (χ1) is 8.13. The number of carbonyl (C=O) groups is 1. The SMILES string of the molecule is COCCc1ccc(OCC(N)C(N)=O)cc1. The van der Waals surface area contributed by atoms with Crippen LogP contribution in [-0.2, 0) is 16.0 Å². The minimum Gasteiger partial charge on any atom is -0.491 e. The van der Waals surface area contributed by atoms with Gasteiger partial charge in [-0.25, -0.2) is 0 Å². The zero-order valence-electron chi connectivity index (χ0n) is 9.89. The van der Waals surface area contributed by atoms with Crippen molar-refractivity contribution < 1.29 is 14.3 Å². The molecule has 17 heavy (non-hydrogen) atoms. The molecule has 0 fully saturated rings. The summed E-state index contributed by atoms with van der Waals surface area (Å²) in [7, 11) is 1.67. The summed E-state index contributed by atoms with van der Waals surface area (Å²) < 4.78 is 10.3. The molecule has 0 aromatic heterocycles. The lowest BCUT2D eigenvalue weighted by atomic mass is 10.1. The Morgan fingerprint density at radius 2 is 2.00 bits per heavy atom. The molecule has 0 aliphatic carbocycles. The molecule has 1 rings (SSSR count). The predicted octanol–water partition coefficient (Wildman–Crippen LogP) is 0.0669. The van der Waals surface area contributed by atoms with Gasteiger partial charge in [-0.15, -0.1) is 0 Å². The molecule has 0 heterocycles. The van der Waals surface area contributed by atoms with Gasteiger partial charge >= 0.3 is 0 Å². The summed E-state index contributed by atoms with van der Waals surface area (Å²) in [4.78, 5) is 10.7. The molecule has 0 spiro atoms. The molecule has 1 aromatic rings. The molecule has 0 aliphatic heterocycles. The van der Waals surface area contributed by atoms with Crippen LogP contribution in [0.2, 0.25) is 0 Å². The molecular formula is C12H18N2O3. The van der Waals surface area contributed by atoms with E-state index in [4.69, 9.17) is 20.9 Å². The van der Waals surface area contributed by atoms with E-state index in [1.54, 1.807) is 7.11 Å². The number of amides is 1. The minimum atomic E-state index is -0.775. The van der Waals surface area contributed by atoms with Gasteiger partial charge in [-0.2, -0.15) is 0 Å². The Morgan fingerprint density at radius 3 is 2.53 bits per heavy atom. The molecule has 1 unspecified atom stereocenters. The molecule has 1 amide bonds. The second-order valence-corrected chi connectivity index (χ2v) is 3.71. The van der Waals surface area contributed by atoms with Gasteiger partial charge in [0, 0.05) is 7.11 Å². The van der Waals surface area contributed by atoms with Crippen molar-refractivity contribution in [2.24, 2.45) is 11.5 Å². The largest absolute Gasteiger partial charge is 0.491 e. The number of nitrogens with two attached hydrogens (primary N) is 2. The first kappa shape index (κ1) is 13.5. The van der Waals surface area contributed by atoms with Crippen molar-refractivity contribution in [3.05, 3.63) is 29.8 Å². The standard InChI is InChI=1S/C12H18N2O3/c1-16-7-6-9-2-4-10(5-3-9)17-8-11(13)12(14)15/h2-5,11H,6-8,13H2,1H3,(H2,14,15). The van der Waals surface area contributed by atoms with E-state index in [2.05, 4.69) is 0 Å². The summed E-state index contributed by atoms with van der Waals surface area (Å²) in [5, 5.41) is 0. The van der Waals surface area contributed by atoms with E-state index in [1.165, 1.54) is 5.56 Å². The van der Waals surface area contributed by atoms with Crippen LogP contribution in [0.3, 0.4) is 0 Å². The van der Waals surface area contributed by atoms with Gasteiger partial charge in [0.05, 0.1) is 6.61 Å². The second-order valence-electron chi connectivity index (χ2n) is 3.71. The molecule has 1 aromatic carbocycles. The number of methoxy groups -OCH3 is 1. The van der Waals surface area contributed by atoms with Crippen molar-refractivity contribution in [1.82, 2.24) is 0 Å². The van der Waals surface area contributed by atoms with Gasteiger partial charge in [0.25, 0.3) is 0 Å². The van der Waals surface area contributed by atoms with E-state index < -0.39 is 11.9 Å². The van der Waals surface area contributed by atoms with Crippen molar-refractivity contribution >= 4 is 5.91 Å². The highest BCUT2D eigenvalue weighted by molar-refractivity contribution is 5.79. The summed E-state index contributed by atoms with van der Waals surface area (Å²) in [5.74, 6) is 0.101. The van der Waals surface area contributed by atoms with Crippen LogP contribution in [0.5, 0.6) is 5.75 Å². The lowest BCUT2D eigenvalue weighted by Crippen LogP contribution is -2.41. The van der Waals surface area contributed by atoms with Crippen molar-refractivity contribution in [1.29, 1.82) is 0 Å². The molecule has 94 valence electrons. The number of hydrogen-bond acceptors (Lipinski definition) is 4. The van der Waals surface area contributed by atoms with Crippen LogP contribution in [0.15, 0.2) is 24.3 Å². The van der Waals surface area contributed by atoms with Crippen LogP contribution in [0.1, 0.15) is 5.56 Å². The summed E-state index contributed by atoms with van der Waals surface area (Å²) in [6.07, 6.45) is 0.859. The van der Waals surface area contributed by atoms with Crippen LogP contribution in [0.25, 0.3) is 0 Å². The van der Waals surface area contributed by atoms with E-state index in [1.807, 2.05) is 24.3 Å². The second kappa shape index (κ2) is 6.88. The van der Waals surface area contributed by atoms with Crippen molar-refractivity contribution in [3.8, 4) is 5.75 Å². The average molecular weight is 238 g/mol. The Hall–Kier alpha value is -1.59. The first-order valence-corrected chi connectivity index (χ1v) is 5.39. The van der Waals surface area contributed by atoms with E-state index >= 15 is 0 Å². The van der Waals surface area contributed by atoms with Crippen LogP contribution in [0.4, 0.5) is 0 Å². The number of hydrogen-bond donors (Lipinski definition) is 2. The van der Waals surface area contributed by atoms with E-state index in [9.17, 15) is 4.79 Å². The number of carbonyl (C=O) groups excluding carboxylic acids is 1. The highest BCUT2D eigenvalue weighted by Gasteiger charge is 2.09. The molecule has 4 N–H and O–H groups in total. The molecule has 0 saturated heterocycles. The Kier molecular flexibility index (Phi) is 5.45. The van der Waals surface area contributed by atoms with Gasteiger partial charge in [-0.1, -0.05) is 12.1 Å². The zero-order chi connectivity index (χ0) is 12.7. The van der Waals surface area contributed by atoms with E-state index in [0.717, 1.165) is 6.42 Å². The Morgan fingerprint density at radius 1 is 1.35 bits per heavy atom. The van der Waals surface area contributed by atoms with Gasteiger partial charge in [-0.05, 0) is 24.1 Å². The Balaban J connectivity index is 2.42. The van der Waals surface area contributed by atoms with Gasteiger partial charge in [-0.3, -0.25) is 4.79 Å². The Labute approximate surface area is 101 Å². The van der Waals surface area contributed by atoms with Gasteiger partial charge in [0.15, 0.2) is 0 Å². The lowest BCUT2D eigenvalue weighted by molar-refractivity contribution is -0.119. The van der Waals surface area contributed by atoms with Crippen molar-refractivity contribution in [3.63, 3.8) is 0 Å². The molecule has 0 bridgehead atoms. The third kappa shape index (κ3) is 4.84. The van der Waals surface area contributed by atoms with Crippen LogP contribution >= 0.6 is 0 Å². The number of benzene rings is 1. The van der Waals surface area contributed by atoms with Crippen LogP contribution < -0.4 is 16.2 Å². The minimum absolute atomic E-state index is 0.0900. The highest BCUT2D eigenvalue weighted by atomic mass is 16.5. The van der Waals surface area contributed by atoms with Crippen molar-refractivity contribution in [2.75, 3.05) is 20.3 Å². The van der Waals surface area contributed by atoms with Crippen LogP contribution in [-0.4, -0.2) is 32.3 Å². The first-order valence-electron chi connectivity index (χ1n) is 5.39. The molecule has 0 aliphatic rings.